The number of rotatable bonds is 4. The molecule has 0 saturated heterocycles. The van der Waals surface area contributed by atoms with Gasteiger partial charge < -0.3 is 15.1 Å². The van der Waals surface area contributed by atoms with Gasteiger partial charge in [0.05, 0.1) is 23.0 Å². The predicted octanol–water partition coefficient (Wildman–Crippen LogP) is 4.14. The van der Waals surface area contributed by atoms with E-state index < -0.39 is 6.17 Å². The Morgan fingerprint density at radius 2 is 1.79 bits per heavy atom. The molecule has 0 aliphatic carbocycles. The van der Waals surface area contributed by atoms with Crippen LogP contribution in [0.3, 0.4) is 0 Å². The van der Waals surface area contributed by atoms with Gasteiger partial charge in [-0.1, -0.05) is 53.6 Å². The van der Waals surface area contributed by atoms with Crippen molar-refractivity contribution in [3.63, 3.8) is 0 Å². The van der Waals surface area contributed by atoms with Gasteiger partial charge in [-0.2, -0.15) is 5.26 Å². The number of aryl methyl sites for hydroxylation is 1. The Balaban J connectivity index is 1.48. The van der Waals surface area contributed by atoms with Crippen LogP contribution in [0.25, 0.3) is 11.5 Å². The van der Waals surface area contributed by atoms with E-state index in [9.17, 15) is 4.79 Å². The van der Waals surface area contributed by atoms with Gasteiger partial charge in [0.1, 0.15) is 0 Å². The lowest BCUT2D eigenvalue weighted by Crippen LogP contribution is -2.32. The maximum atomic E-state index is 12.9. The van der Waals surface area contributed by atoms with E-state index in [4.69, 9.17) is 14.7 Å². The van der Waals surface area contributed by atoms with Crippen LogP contribution in [0.15, 0.2) is 82.2 Å². The Kier molecular flexibility index (Phi) is 5.13. The average molecular weight is 434 g/mol. The highest BCUT2D eigenvalue weighted by Crippen LogP contribution is 2.26. The van der Waals surface area contributed by atoms with Crippen LogP contribution in [0.2, 0.25) is 0 Å². The second kappa shape index (κ2) is 8.40. The first-order valence-electron chi connectivity index (χ1n) is 10.3. The number of anilines is 2. The minimum absolute atomic E-state index is 0.0641. The third-order valence-electron chi connectivity index (χ3n) is 5.27. The lowest BCUT2D eigenvalue weighted by atomic mass is 10.0. The zero-order valence-electron chi connectivity index (χ0n) is 17.6. The third kappa shape index (κ3) is 3.95. The van der Waals surface area contributed by atoms with Crippen molar-refractivity contribution < 1.29 is 9.21 Å². The van der Waals surface area contributed by atoms with Crippen molar-refractivity contribution in [1.29, 1.82) is 5.26 Å². The molecule has 0 bridgehead atoms. The SMILES string of the molecule is Cc1cc(-c2nnc(NC3N=C(c4ccccc4)c4ccccc4NC3=O)o2)ccc1C#N. The summed E-state index contributed by atoms with van der Waals surface area (Å²) in [6, 6.07) is 24.6. The van der Waals surface area contributed by atoms with Crippen LogP contribution >= 0.6 is 0 Å². The molecule has 2 N–H and O–H groups in total. The number of amides is 1. The highest BCUT2D eigenvalue weighted by atomic mass is 16.4. The molecule has 160 valence electrons. The molecular weight excluding hydrogens is 416 g/mol. The van der Waals surface area contributed by atoms with E-state index in [0.29, 0.717) is 22.5 Å². The molecule has 1 unspecified atom stereocenters. The Bertz CT molecular complexity index is 1420. The number of carbonyl (C=O) groups is 1. The molecule has 33 heavy (non-hydrogen) atoms. The van der Waals surface area contributed by atoms with Crippen LogP contribution < -0.4 is 10.6 Å². The van der Waals surface area contributed by atoms with E-state index in [0.717, 1.165) is 16.7 Å². The molecule has 8 nitrogen and oxygen atoms in total. The maximum Gasteiger partial charge on any atom is 0.317 e. The van der Waals surface area contributed by atoms with Crippen LogP contribution in [0.4, 0.5) is 11.7 Å². The Morgan fingerprint density at radius 1 is 1.00 bits per heavy atom. The van der Waals surface area contributed by atoms with Crippen molar-refractivity contribution in [3.05, 3.63) is 95.1 Å². The number of nitrogens with one attached hydrogen (secondary N) is 2. The zero-order valence-corrected chi connectivity index (χ0v) is 17.6. The van der Waals surface area contributed by atoms with E-state index >= 15 is 0 Å². The molecule has 1 amide bonds. The van der Waals surface area contributed by atoms with Gasteiger partial charge in [-0.05, 0) is 36.8 Å². The second-order valence-corrected chi connectivity index (χ2v) is 7.48. The molecule has 8 heteroatoms. The van der Waals surface area contributed by atoms with Crippen LogP contribution in [0.5, 0.6) is 0 Å². The van der Waals surface area contributed by atoms with Crippen LogP contribution in [-0.4, -0.2) is 28.0 Å². The number of aliphatic imine (C=N–C) groups is 1. The molecule has 1 atom stereocenters. The van der Waals surface area contributed by atoms with Gasteiger partial charge in [0.2, 0.25) is 12.1 Å². The molecule has 3 aromatic carbocycles. The molecule has 4 aromatic rings. The molecule has 0 radical (unpaired) electrons. The van der Waals surface area contributed by atoms with Gasteiger partial charge in [-0.15, -0.1) is 5.10 Å². The largest absolute Gasteiger partial charge is 0.403 e. The van der Waals surface area contributed by atoms with Crippen molar-refractivity contribution in [2.45, 2.75) is 13.1 Å². The third-order valence-corrected chi connectivity index (χ3v) is 5.27. The van der Waals surface area contributed by atoms with Crippen LogP contribution in [0, 0.1) is 18.3 Å². The van der Waals surface area contributed by atoms with Crippen LogP contribution in [-0.2, 0) is 4.79 Å². The quantitative estimate of drug-likeness (QED) is 0.499. The van der Waals surface area contributed by atoms with Crippen LogP contribution in [0.1, 0.15) is 22.3 Å². The molecule has 0 spiro atoms. The molecule has 0 saturated carbocycles. The fourth-order valence-electron chi connectivity index (χ4n) is 3.62. The molecular formula is C25H18N6O2. The number of carbonyl (C=O) groups excluding carboxylic acids is 1. The standard InChI is InChI=1S/C25H18N6O2/c1-15-13-17(11-12-18(15)14-26)24-30-31-25(33-24)29-22-23(32)27-20-10-6-5-9-19(20)21(28-22)16-7-3-2-4-8-16/h2-13,22H,1H3,(H,27,32)(H,29,31). The number of para-hydroxylation sites is 1. The lowest BCUT2D eigenvalue weighted by molar-refractivity contribution is -0.116. The molecule has 5 rings (SSSR count). The number of hydrogen-bond donors (Lipinski definition) is 2. The summed E-state index contributed by atoms with van der Waals surface area (Å²) in [5.74, 6) is -0.0722. The predicted molar refractivity (Wildman–Crippen MR) is 124 cm³/mol. The van der Waals surface area contributed by atoms with Gasteiger partial charge in [0, 0.05) is 16.7 Å². The van der Waals surface area contributed by atoms with Gasteiger partial charge in [0.15, 0.2) is 0 Å². The normalized spacial score (nSPS) is 15.0. The van der Waals surface area contributed by atoms with Crippen molar-refractivity contribution in [2.75, 3.05) is 10.6 Å². The van der Waals surface area contributed by atoms with Gasteiger partial charge in [-0.3, -0.25) is 4.79 Å². The lowest BCUT2D eigenvalue weighted by Gasteiger charge is -2.11. The van der Waals surface area contributed by atoms with E-state index in [1.54, 1.807) is 18.2 Å². The van der Waals surface area contributed by atoms with Crippen molar-refractivity contribution in [3.8, 4) is 17.5 Å². The molecule has 1 aromatic heterocycles. The Hall–Kier alpha value is -4.77. The van der Waals surface area contributed by atoms with E-state index in [2.05, 4.69) is 26.9 Å². The average Bonchev–Trinajstić information content (AvgIpc) is 3.26. The number of benzene rings is 3. The second-order valence-electron chi connectivity index (χ2n) is 7.48. The van der Waals surface area contributed by atoms with E-state index in [-0.39, 0.29) is 17.8 Å². The Morgan fingerprint density at radius 3 is 2.58 bits per heavy atom. The number of nitrogens with zero attached hydrogens (tertiary/aromatic N) is 4. The number of hydrogen-bond acceptors (Lipinski definition) is 7. The fraction of sp³-hybridized carbons (Fsp3) is 0.0800. The number of fused-ring (bicyclic) bond motifs is 1. The smallest absolute Gasteiger partial charge is 0.317 e. The zero-order chi connectivity index (χ0) is 22.8. The van der Waals surface area contributed by atoms with Gasteiger partial charge >= 0.3 is 6.01 Å². The number of nitriles is 1. The summed E-state index contributed by atoms with van der Waals surface area (Å²) in [6.07, 6.45) is -0.983. The summed E-state index contributed by atoms with van der Waals surface area (Å²) in [5.41, 5.74) is 5.11. The van der Waals surface area contributed by atoms with Crippen molar-refractivity contribution >= 4 is 23.3 Å². The van der Waals surface area contributed by atoms with E-state index in [1.807, 2.05) is 61.5 Å². The summed E-state index contributed by atoms with van der Waals surface area (Å²) >= 11 is 0. The minimum Gasteiger partial charge on any atom is -0.403 e. The first-order valence-corrected chi connectivity index (χ1v) is 10.3. The summed E-state index contributed by atoms with van der Waals surface area (Å²) in [7, 11) is 0. The maximum absolute atomic E-state index is 12.9. The fourth-order valence-corrected chi connectivity index (χ4v) is 3.62. The summed E-state index contributed by atoms with van der Waals surface area (Å²) in [6.45, 7) is 1.84. The topological polar surface area (TPSA) is 116 Å². The number of benzodiazepines with no additional fused rings is 1. The highest BCUT2D eigenvalue weighted by molar-refractivity contribution is 6.19. The summed E-state index contributed by atoms with van der Waals surface area (Å²) in [5, 5.41) is 23.1. The van der Waals surface area contributed by atoms with Crippen molar-refractivity contribution in [2.24, 2.45) is 4.99 Å². The molecule has 1 aliphatic heterocycles. The van der Waals surface area contributed by atoms with E-state index in [1.165, 1.54) is 0 Å². The molecule has 2 heterocycles. The Labute approximate surface area is 189 Å². The van der Waals surface area contributed by atoms with Gasteiger partial charge in [0.25, 0.3) is 5.91 Å². The first-order chi connectivity index (χ1) is 16.1. The monoisotopic (exact) mass is 434 g/mol. The highest BCUT2D eigenvalue weighted by Gasteiger charge is 2.27. The summed E-state index contributed by atoms with van der Waals surface area (Å²) < 4.78 is 5.74. The molecule has 0 fully saturated rings. The van der Waals surface area contributed by atoms with Gasteiger partial charge in [-0.25, -0.2) is 4.99 Å². The minimum atomic E-state index is -0.983. The first kappa shape index (κ1) is 20.2. The molecule has 1 aliphatic rings. The van der Waals surface area contributed by atoms with Crippen molar-refractivity contribution in [1.82, 2.24) is 10.2 Å². The number of aromatic nitrogens is 2. The summed E-state index contributed by atoms with van der Waals surface area (Å²) in [4.78, 5) is 17.7.